The van der Waals surface area contributed by atoms with Crippen LogP contribution in [0, 0.1) is 5.82 Å². The Balaban J connectivity index is 2.21. The van der Waals surface area contributed by atoms with Crippen molar-refractivity contribution in [1.82, 2.24) is 4.72 Å². The van der Waals surface area contributed by atoms with Gasteiger partial charge in [0.1, 0.15) is 5.82 Å². The zero-order valence-electron chi connectivity index (χ0n) is 9.02. The van der Waals surface area contributed by atoms with E-state index in [0.29, 0.717) is 0 Å². The van der Waals surface area contributed by atoms with Crippen molar-refractivity contribution in [3.63, 3.8) is 0 Å². The van der Waals surface area contributed by atoms with E-state index in [-0.39, 0.29) is 16.6 Å². The maximum absolute atomic E-state index is 12.9. The van der Waals surface area contributed by atoms with E-state index in [1.165, 1.54) is 6.07 Å². The highest BCUT2D eigenvalue weighted by Crippen LogP contribution is 2.21. The van der Waals surface area contributed by atoms with Crippen molar-refractivity contribution >= 4 is 27.5 Å². The fraction of sp³-hybridized carbons (Fsp3) is 0.400. The molecule has 94 valence electrons. The molecule has 0 spiro atoms. The van der Waals surface area contributed by atoms with Crippen molar-refractivity contribution in [2.45, 2.75) is 17.4 Å². The van der Waals surface area contributed by atoms with Gasteiger partial charge in [0.05, 0.1) is 10.6 Å². The van der Waals surface area contributed by atoms with E-state index in [9.17, 15) is 12.8 Å². The topological polar surface area (TPSA) is 72.2 Å². The van der Waals surface area contributed by atoms with Crippen LogP contribution in [-0.2, 0) is 10.0 Å². The average Bonchev–Trinajstić information content (AvgIpc) is 2.73. The Hall–Kier alpha value is -0.790. The van der Waals surface area contributed by atoms with Gasteiger partial charge in [-0.15, -0.1) is 0 Å². The van der Waals surface area contributed by atoms with Crippen LogP contribution in [0.2, 0.25) is 0 Å². The van der Waals surface area contributed by atoms with Gasteiger partial charge in [0.15, 0.2) is 0 Å². The van der Waals surface area contributed by atoms with E-state index in [4.69, 9.17) is 5.73 Å². The maximum atomic E-state index is 12.9. The quantitative estimate of drug-likeness (QED) is 0.814. The summed E-state index contributed by atoms with van der Waals surface area (Å²) in [5.41, 5.74) is 5.20. The lowest BCUT2D eigenvalue weighted by Gasteiger charge is -2.12. The van der Waals surface area contributed by atoms with Crippen molar-refractivity contribution in [3.05, 3.63) is 24.0 Å². The molecular weight excluding hydrogens is 263 g/mol. The van der Waals surface area contributed by atoms with E-state index in [0.717, 1.165) is 30.1 Å². The normalized spacial score (nSPS) is 20.6. The molecule has 17 heavy (non-hydrogen) atoms. The molecule has 1 unspecified atom stereocenters. The average molecular weight is 276 g/mol. The number of nitrogens with one attached hydrogen (secondary N) is 1. The van der Waals surface area contributed by atoms with E-state index >= 15 is 0 Å². The van der Waals surface area contributed by atoms with Gasteiger partial charge in [-0.1, -0.05) is 0 Å². The number of rotatable bonds is 3. The molecule has 0 amide bonds. The second kappa shape index (κ2) is 4.83. The van der Waals surface area contributed by atoms with Gasteiger partial charge in [-0.3, -0.25) is 0 Å². The zero-order chi connectivity index (χ0) is 12.5. The molecule has 0 saturated carbocycles. The fourth-order valence-corrected chi connectivity index (χ4v) is 4.17. The van der Waals surface area contributed by atoms with Crippen LogP contribution in [0.4, 0.5) is 10.1 Å². The maximum Gasteiger partial charge on any atom is 0.240 e. The number of nitrogens with two attached hydrogens (primary N) is 1. The van der Waals surface area contributed by atoms with Crippen molar-refractivity contribution in [1.29, 1.82) is 0 Å². The third-order valence-corrected chi connectivity index (χ3v) is 5.21. The van der Waals surface area contributed by atoms with Crippen molar-refractivity contribution in [3.8, 4) is 0 Å². The van der Waals surface area contributed by atoms with Crippen LogP contribution in [0.25, 0.3) is 0 Å². The summed E-state index contributed by atoms with van der Waals surface area (Å²) in [6, 6.07) is 3.37. The summed E-state index contributed by atoms with van der Waals surface area (Å²) in [6.07, 6.45) is 0.820. The van der Waals surface area contributed by atoms with E-state index in [2.05, 4.69) is 4.72 Å². The molecule has 0 aliphatic carbocycles. The summed E-state index contributed by atoms with van der Waals surface area (Å²) in [6.45, 7) is 0. The predicted molar refractivity (Wildman–Crippen MR) is 66.9 cm³/mol. The standard InChI is InChI=1S/C10H13FN2O2S2/c11-9-2-1-8(5-10(9)12)17(14,15)13-7-3-4-16-6-7/h1-2,5,7,13H,3-4,6,12H2. The lowest BCUT2D eigenvalue weighted by atomic mass is 10.3. The summed E-state index contributed by atoms with van der Waals surface area (Å²) in [5.74, 6) is 1.12. The molecular formula is C10H13FN2O2S2. The van der Waals surface area contributed by atoms with Crippen LogP contribution in [0.1, 0.15) is 6.42 Å². The largest absolute Gasteiger partial charge is 0.396 e. The molecule has 1 fully saturated rings. The summed E-state index contributed by atoms with van der Waals surface area (Å²) in [7, 11) is -3.59. The van der Waals surface area contributed by atoms with Gasteiger partial charge < -0.3 is 5.73 Å². The third kappa shape index (κ3) is 2.91. The van der Waals surface area contributed by atoms with Crippen LogP contribution >= 0.6 is 11.8 Å². The van der Waals surface area contributed by atoms with Crippen LogP contribution < -0.4 is 10.5 Å². The molecule has 7 heteroatoms. The Morgan fingerprint density at radius 2 is 2.24 bits per heavy atom. The molecule has 0 bridgehead atoms. The highest BCUT2D eigenvalue weighted by atomic mass is 32.2. The first-order valence-electron chi connectivity index (χ1n) is 5.14. The first-order valence-corrected chi connectivity index (χ1v) is 7.78. The van der Waals surface area contributed by atoms with Gasteiger partial charge >= 0.3 is 0 Å². The smallest absolute Gasteiger partial charge is 0.240 e. The Morgan fingerprint density at radius 3 is 2.82 bits per heavy atom. The molecule has 1 aromatic carbocycles. The van der Waals surface area contributed by atoms with Crippen molar-refractivity contribution in [2.75, 3.05) is 17.2 Å². The van der Waals surface area contributed by atoms with Crippen molar-refractivity contribution in [2.24, 2.45) is 0 Å². The van der Waals surface area contributed by atoms with Gasteiger partial charge in [0.25, 0.3) is 0 Å². The second-order valence-corrected chi connectivity index (χ2v) is 6.73. The zero-order valence-corrected chi connectivity index (χ0v) is 10.7. The fourth-order valence-electron chi connectivity index (χ4n) is 1.60. The number of anilines is 1. The molecule has 1 aromatic rings. The molecule has 3 N–H and O–H groups in total. The van der Waals surface area contributed by atoms with Gasteiger partial charge in [-0.25, -0.2) is 17.5 Å². The van der Waals surface area contributed by atoms with Crippen molar-refractivity contribution < 1.29 is 12.8 Å². The molecule has 1 aliphatic heterocycles. The van der Waals surface area contributed by atoms with E-state index < -0.39 is 15.8 Å². The molecule has 1 heterocycles. The highest BCUT2D eigenvalue weighted by molar-refractivity contribution is 7.99. The molecule has 1 aliphatic rings. The summed E-state index contributed by atoms with van der Waals surface area (Å²) >= 11 is 1.71. The van der Waals surface area contributed by atoms with E-state index in [1.807, 2.05) is 0 Å². The number of halogens is 1. The van der Waals surface area contributed by atoms with E-state index in [1.54, 1.807) is 11.8 Å². The minimum atomic E-state index is -3.59. The van der Waals surface area contributed by atoms with Crippen LogP contribution in [0.5, 0.6) is 0 Å². The monoisotopic (exact) mass is 276 g/mol. The summed E-state index contributed by atoms with van der Waals surface area (Å²) in [5, 5.41) is 0. The molecule has 0 radical (unpaired) electrons. The lowest BCUT2D eigenvalue weighted by molar-refractivity contribution is 0.562. The molecule has 1 saturated heterocycles. The SMILES string of the molecule is Nc1cc(S(=O)(=O)NC2CCSC2)ccc1F. The molecule has 4 nitrogen and oxygen atoms in total. The number of hydrogen-bond donors (Lipinski definition) is 2. The van der Waals surface area contributed by atoms with Gasteiger partial charge in [0, 0.05) is 11.8 Å². The lowest BCUT2D eigenvalue weighted by Crippen LogP contribution is -2.34. The summed E-state index contributed by atoms with van der Waals surface area (Å²) in [4.78, 5) is 0.00769. The Kier molecular flexibility index (Phi) is 3.60. The minimum absolute atomic E-state index is 0.00769. The Morgan fingerprint density at radius 1 is 1.47 bits per heavy atom. The van der Waals surface area contributed by atoms with Gasteiger partial charge in [-0.05, 0) is 30.4 Å². The molecule has 1 atom stereocenters. The Bertz CT molecular complexity index is 513. The highest BCUT2D eigenvalue weighted by Gasteiger charge is 2.23. The third-order valence-electron chi connectivity index (χ3n) is 2.53. The predicted octanol–water partition coefficient (Wildman–Crippen LogP) is 1.19. The number of thioether (sulfide) groups is 1. The second-order valence-electron chi connectivity index (χ2n) is 3.87. The summed E-state index contributed by atoms with van der Waals surface area (Å²) < 4.78 is 39.4. The minimum Gasteiger partial charge on any atom is -0.396 e. The number of hydrogen-bond acceptors (Lipinski definition) is 4. The van der Waals surface area contributed by atoms with Crippen LogP contribution in [-0.4, -0.2) is 26.0 Å². The number of nitrogen functional groups attached to an aromatic ring is 1. The van der Waals surface area contributed by atoms with Crippen LogP contribution in [0.15, 0.2) is 23.1 Å². The first kappa shape index (κ1) is 12.7. The molecule has 2 rings (SSSR count). The number of sulfonamides is 1. The Labute approximate surface area is 104 Å². The molecule has 0 aromatic heterocycles. The van der Waals surface area contributed by atoms with Gasteiger partial charge in [0.2, 0.25) is 10.0 Å². The first-order chi connectivity index (χ1) is 7.99. The van der Waals surface area contributed by atoms with Gasteiger partial charge in [-0.2, -0.15) is 11.8 Å². The van der Waals surface area contributed by atoms with Crippen LogP contribution in [0.3, 0.4) is 0 Å². The number of benzene rings is 1.